The maximum atomic E-state index is 12.0. The van der Waals surface area contributed by atoms with Crippen molar-refractivity contribution in [3.63, 3.8) is 0 Å². The van der Waals surface area contributed by atoms with Gasteiger partial charge in [0.05, 0.1) is 5.69 Å². The van der Waals surface area contributed by atoms with Gasteiger partial charge in [0.2, 0.25) is 0 Å². The molecule has 1 atom stereocenters. The van der Waals surface area contributed by atoms with Crippen LogP contribution in [0.2, 0.25) is 0 Å². The molecule has 1 saturated carbocycles. The summed E-state index contributed by atoms with van der Waals surface area (Å²) in [4.78, 5) is 20.6. The summed E-state index contributed by atoms with van der Waals surface area (Å²) in [5, 5.41) is 3.78. The molecule has 0 radical (unpaired) electrons. The Balaban J connectivity index is 1.42. The molecule has 1 amide bonds. The Morgan fingerprint density at radius 2 is 1.97 bits per heavy atom. The molecule has 1 aromatic rings. The van der Waals surface area contributed by atoms with Crippen LogP contribution < -0.4 is 11.1 Å². The maximum absolute atomic E-state index is 12.0. The lowest BCUT2D eigenvalue weighted by Gasteiger charge is -2.36. The molecular weight excluding hydrogens is 396 g/mol. The van der Waals surface area contributed by atoms with Gasteiger partial charge in [0.15, 0.2) is 5.13 Å². The number of hydrogen-bond donors (Lipinski definition) is 2. The van der Waals surface area contributed by atoms with Gasteiger partial charge in [-0.3, -0.25) is 0 Å². The lowest BCUT2D eigenvalue weighted by Crippen LogP contribution is -2.42. The summed E-state index contributed by atoms with van der Waals surface area (Å²) in [5.74, 6) is 0.763. The lowest BCUT2D eigenvalue weighted by atomic mass is 9.84. The number of nitrogens with two attached hydrogens (primary N) is 1. The first-order chi connectivity index (χ1) is 14.2. The molecule has 2 aliphatic carbocycles. The van der Waals surface area contributed by atoms with Gasteiger partial charge in [-0.15, -0.1) is 11.3 Å². The number of ether oxygens (including phenoxy) is 1. The molecule has 1 heterocycles. The topological polar surface area (TPSA) is 80.5 Å². The van der Waals surface area contributed by atoms with E-state index in [4.69, 9.17) is 10.5 Å². The Morgan fingerprint density at radius 3 is 2.63 bits per heavy atom. The zero-order chi connectivity index (χ0) is 21.7. The van der Waals surface area contributed by atoms with E-state index in [2.05, 4.69) is 22.1 Å². The molecule has 30 heavy (non-hydrogen) atoms. The van der Waals surface area contributed by atoms with Crippen molar-refractivity contribution < 1.29 is 9.53 Å². The molecule has 6 nitrogen and oxygen atoms in total. The van der Waals surface area contributed by atoms with E-state index in [9.17, 15) is 4.79 Å². The molecule has 0 saturated heterocycles. The summed E-state index contributed by atoms with van der Waals surface area (Å²) in [6, 6.07) is 0.888. The van der Waals surface area contributed by atoms with E-state index in [0.29, 0.717) is 6.04 Å². The van der Waals surface area contributed by atoms with Crippen LogP contribution in [0.25, 0.3) is 0 Å². The van der Waals surface area contributed by atoms with E-state index in [1.807, 2.05) is 20.8 Å². The second-order valence-electron chi connectivity index (χ2n) is 10.0. The van der Waals surface area contributed by atoms with Crippen LogP contribution in [0.5, 0.6) is 0 Å². The van der Waals surface area contributed by atoms with Crippen molar-refractivity contribution in [3.05, 3.63) is 10.6 Å². The molecule has 0 bridgehead atoms. The van der Waals surface area contributed by atoms with Gasteiger partial charge in [-0.2, -0.15) is 0 Å². The third-order valence-electron chi connectivity index (χ3n) is 6.35. The van der Waals surface area contributed by atoms with Gasteiger partial charge >= 0.3 is 6.09 Å². The number of hydrogen-bond acceptors (Lipinski definition) is 6. The summed E-state index contributed by atoms with van der Waals surface area (Å²) in [6.45, 7) is 10.3. The van der Waals surface area contributed by atoms with Gasteiger partial charge in [-0.25, -0.2) is 9.78 Å². The van der Waals surface area contributed by atoms with Crippen molar-refractivity contribution >= 4 is 22.6 Å². The summed E-state index contributed by atoms with van der Waals surface area (Å²) < 4.78 is 5.40. The highest BCUT2D eigenvalue weighted by Gasteiger charge is 2.28. The molecule has 7 heteroatoms. The van der Waals surface area contributed by atoms with Crippen molar-refractivity contribution in [3.8, 4) is 0 Å². The monoisotopic (exact) mass is 436 g/mol. The fourth-order valence-electron chi connectivity index (χ4n) is 4.87. The molecule has 3 rings (SSSR count). The number of nitrogens with one attached hydrogen (secondary N) is 1. The average Bonchev–Trinajstić information content (AvgIpc) is 3.04. The SMILES string of the molecule is CCCN(CCC1CCC(NC(=O)OC(C)(C)C)CC1)[C@H]1CCc2nc(N)sc2C1. The van der Waals surface area contributed by atoms with Crippen molar-refractivity contribution in [1.82, 2.24) is 15.2 Å². The zero-order valence-electron chi connectivity index (χ0n) is 19.2. The van der Waals surface area contributed by atoms with E-state index >= 15 is 0 Å². The van der Waals surface area contributed by atoms with Gasteiger partial charge in [0.1, 0.15) is 5.60 Å². The number of nitrogens with zero attached hydrogens (tertiary/aromatic N) is 2. The van der Waals surface area contributed by atoms with Gasteiger partial charge in [0, 0.05) is 17.0 Å². The molecule has 0 spiro atoms. The van der Waals surface area contributed by atoms with Crippen LogP contribution in [0.1, 0.15) is 83.2 Å². The number of rotatable bonds is 7. The standard InChI is InChI=1S/C23H40N4O2S/c1-5-13-27(18-10-11-19-20(15-18)30-21(24)26-19)14-12-16-6-8-17(9-7-16)25-22(28)29-23(2,3)4/h16-18H,5-15H2,1-4H3,(H2,24,26)(H,25,28)/t16?,17?,18-/m0/s1. The summed E-state index contributed by atoms with van der Waals surface area (Å²) in [5.41, 5.74) is 6.73. The number of alkyl carbamates (subject to hydrolysis) is 1. The Hall–Kier alpha value is -1.34. The van der Waals surface area contributed by atoms with Crippen LogP contribution in [0.15, 0.2) is 0 Å². The third-order valence-corrected chi connectivity index (χ3v) is 7.30. The van der Waals surface area contributed by atoms with Crippen molar-refractivity contribution in [2.24, 2.45) is 5.92 Å². The Bertz CT molecular complexity index is 692. The molecular formula is C23H40N4O2S. The van der Waals surface area contributed by atoms with Crippen LogP contribution in [-0.4, -0.2) is 46.8 Å². The molecule has 3 N–H and O–H groups in total. The maximum Gasteiger partial charge on any atom is 0.407 e. The predicted molar refractivity (Wildman–Crippen MR) is 124 cm³/mol. The molecule has 0 aromatic carbocycles. The first-order valence-corrected chi connectivity index (χ1v) is 12.5. The molecule has 2 aliphatic rings. The molecule has 1 fully saturated rings. The number of thiazole rings is 1. The van der Waals surface area contributed by atoms with Crippen LogP contribution in [-0.2, 0) is 17.6 Å². The van der Waals surface area contributed by atoms with Crippen LogP contribution in [0.3, 0.4) is 0 Å². The average molecular weight is 437 g/mol. The first kappa shape index (κ1) is 23.3. The summed E-state index contributed by atoms with van der Waals surface area (Å²) in [6.07, 6.45) is 10.1. The second kappa shape index (κ2) is 10.3. The van der Waals surface area contributed by atoms with Crippen molar-refractivity contribution in [2.75, 3.05) is 18.8 Å². The Kier molecular flexibility index (Phi) is 8.02. The third kappa shape index (κ3) is 6.84. The molecule has 0 unspecified atom stereocenters. The number of carbonyl (C=O) groups is 1. The first-order valence-electron chi connectivity index (χ1n) is 11.7. The smallest absolute Gasteiger partial charge is 0.407 e. The number of aromatic nitrogens is 1. The lowest BCUT2D eigenvalue weighted by molar-refractivity contribution is 0.0485. The normalized spacial score (nSPS) is 24.5. The largest absolute Gasteiger partial charge is 0.444 e. The van der Waals surface area contributed by atoms with Crippen LogP contribution in [0, 0.1) is 5.92 Å². The van der Waals surface area contributed by atoms with Crippen LogP contribution >= 0.6 is 11.3 Å². The van der Waals surface area contributed by atoms with E-state index in [1.54, 1.807) is 11.3 Å². The second-order valence-corrected chi connectivity index (χ2v) is 11.1. The number of aryl methyl sites for hydroxylation is 1. The van der Waals surface area contributed by atoms with Gasteiger partial charge in [0.25, 0.3) is 0 Å². The number of anilines is 1. The minimum absolute atomic E-state index is 0.261. The molecule has 1 aromatic heterocycles. The highest BCUT2D eigenvalue weighted by atomic mass is 32.1. The Labute approximate surface area is 186 Å². The van der Waals surface area contributed by atoms with Crippen LogP contribution in [0.4, 0.5) is 9.93 Å². The number of carbonyl (C=O) groups excluding carboxylic acids is 1. The van der Waals surface area contributed by atoms with Gasteiger partial charge in [-0.1, -0.05) is 6.92 Å². The molecule has 170 valence electrons. The summed E-state index contributed by atoms with van der Waals surface area (Å²) in [7, 11) is 0. The van der Waals surface area contributed by atoms with Crippen molar-refractivity contribution in [1.29, 1.82) is 0 Å². The van der Waals surface area contributed by atoms with Gasteiger partial charge < -0.3 is 20.7 Å². The highest BCUT2D eigenvalue weighted by molar-refractivity contribution is 7.15. The minimum atomic E-state index is -0.436. The van der Waals surface area contributed by atoms with Crippen molar-refractivity contribution in [2.45, 2.75) is 103 Å². The predicted octanol–water partition coefficient (Wildman–Crippen LogP) is 4.77. The fraction of sp³-hybridized carbons (Fsp3) is 0.826. The van der Waals surface area contributed by atoms with Gasteiger partial charge in [-0.05, 0) is 97.6 Å². The minimum Gasteiger partial charge on any atom is -0.444 e. The van der Waals surface area contributed by atoms with E-state index < -0.39 is 5.60 Å². The Morgan fingerprint density at radius 1 is 1.23 bits per heavy atom. The summed E-state index contributed by atoms with van der Waals surface area (Å²) >= 11 is 1.68. The molecule has 0 aliphatic heterocycles. The quantitative estimate of drug-likeness (QED) is 0.644. The number of fused-ring (bicyclic) bond motifs is 1. The number of amides is 1. The van der Waals surface area contributed by atoms with E-state index in [-0.39, 0.29) is 12.1 Å². The zero-order valence-corrected chi connectivity index (χ0v) is 20.0. The number of nitrogen functional groups attached to an aromatic ring is 1. The highest BCUT2D eigenvalue weighted by Crippen LogP contribution is 2.32. The van der Waals surface area contributed by atoms with E-state index in [0.717, 1.165) is 36.7 Å². The van der Waals surface area contributed by atoms with E-state index in [1.165, 1.54) is 55.8 Å². The fourth-order valence-corrected chi connectivity index (χ4v) is 5.82.